The maximum absolute atomic E-state index is 12.3. The number of aromatic nitrogens is 2. The van der Waals surface area contributed by atoms with Crippen LogP contribution in [-0.4, -0.2) is 28.7 Å². The molecule has 0 saturated carbocycles. The summed E-state index contributed by atoms with van der Waals surface area (Å²) in [5.74, 6) is 1.35. The summed E-state index contributed by atoms with van der Waals surface area (Å²) < 4.78 is 11.1. The van der Waals surface area contributed by atoms with Gasteiger partial charge in [0.2, 0.25) is 0 Å². The van der Waals surface area contributed by atoms with Crippen LogP contribution >= 0.6 is 0 Å². The summed E-state index contributed by atoms with van der Waals surface area (Å²) in [4.78, 5) is 16.8. The molecule has 0 saturated heterocycles. The van der Waals surface area contributed by atoms with Crippen LogP contribution in [0.25, 0.3) is 11.3 Å². The zero-order valence-electron chi connectivity index (χ0n) is 16.1. The topological polar surface area (TPSA) is 77.2 Å². The molecule has 4 rings (SSSR count). The number of fused-ring (bicyclic) bond motifs is 1. The van der Waals surface area contributed by atoms with Crippen molar-refractivity contribution in [1.82, 2.24) is 15.5 Å². The van der Waals surface area contributed by atoms with E-state index in [2.05, 4.69) is 41.4 Å². The van der Waals surface area contributed by atoms with Crippen LogP contribution < -0.4 is 10.1 Å². The van der Waals surface area contributed by atoms with E-state index in [1.807, 2.05) is 18.2 Å². The molecule has 3 heterocycles. The van der Waals surface area contributed by atoms with E-state index in [9.17, 15) is 4.79 Å². The van der Waals surface area contributed by atoms with Gasteiger partial charge in [-0.15, -0.1) is 0 Å². The van der Waals surface area contributed by atoms with Crippen molar-refractivity contribution >= 4 is 5.91 Å². The van der Waals surface area contributed by atoms with Crippen LogP contribution in [0.4, 0.5) is 0 Å². The summed E-state index contributed by atoms with van der Waals surface area (Å²) >= 11 is 0. The molecule has 1 N–H and O–H groups in total. The Morgan fingerprint density at radius 3 is 3.00 bits per heavy atom. The first-order valence-corrected chi connectivity index (χ1v) is 9.59. The van der Waals surface area contributed by atoms with Gasteiger partial charge in [-0.1, -0.05) is 18.1 Å². The number of aryl methyl sites for hydroxylation is 2. The minimum absolute atomic E-state index is 0.0963. The Bertz CT molecular complexity index is 996. The number of carbonyl (C=O) groups excluding carboxylic acids is 1. The first-order chi connectivity index (χ1) is 13.6. The third-order valence-electron chi connectivity index (χ3n) is 4.86. The first-order valence-electron chi connectivity index (χ1n) is 9.59. The molecular weight excluding hydrogens is 354 g/mol. The Hall–Kier alpha value is -3.15. The molecule has 1 amide bonds. The second kappa shape index (κ2) is 7.84. The van der Waals surface area contributed by atoms with Gasteiger partial charge in [-0.3, -0.25) is 9.78 Å². The lowest BCUT2D eigenvalue weighted by molar-refractivity contribution is 0.0924. The van der Waals surface area contributed by atoms with Crippen molar-refractivity contribution in [3.05, 3.63) is 65.2 Å². The number of amides is 1. The lowest BCUT2D eigenvalue weighted by Gasteiger charge is -2.10. The summed E-state index contributed by atoms with van der Waals surface area (Å²) in [7, 11) is 0. The van der Waals surface area contributed by atoms with E-state index in [0.29, 0.717) is 12.2 Å². The Balaban J connectivity index is 1.38. The summed E-state index contributed by atoms with van der Waals surface area (Å²) in [5, 5.41) is 6.73. The van der Waals surface area contributed by atoms with Crippen molar-refractivity contribution in [1.29, 1.82) is 0 Å². The lowest BCUT2D eigenvalue weighted by atomic mass is 10.0. The zero-order chi connectivity index (χ0) is 19.5. The average Bonchev–Trinajstić information content (AvgIpc) is 3.33. The molecule has 144 valence electrons. The summed E-state index contributed by atoms with van der Waals surface area (Å²) in [6.07, 6.45) is 4.18. The fourth-order valence-corrected chi connectivity index (χ4v) is 3.45. The molecule has 1 aliphatic rings. The molecule has 0 unspecified atom stereocenters. The molecule has 6 nitrogen and oxygen atoms in total. The molecule has 6 heteroatoms. The van der Waals surface area contributed by atoms with E-state index in [1.54, 1.807) is 12.3 Å². The van der Waals surface area contributed by atoms with Crippen LogP contribution in [0.2, 0.25) is 0 Å². The SMILES string of the molecule is CCCc1cc(C(=O)NC[C@@H]2Cc3cc(-c4ncccc4C)ccc3O2)no1. The standard InChI is InChI=1S/C22H23N3O3/c1-3-5-17-12-19(25-28-17)22(26)24-13-18-11-16-10-15(7-8-20(16)27-18)21-14(2)6-4-9-23-21/h4,6-10,12,18H,3,5,11,13H2,1-2H3,(H,24,26)/t18-/m0/s1. The van der Waals surface area contributed by atoms with Gasteiger partial charge in [0, 0.05) is 30.7 Å². The minimum Gasteiger partial charge on any atom is -0.488 e. The van der Waals surface area contributed by atoms with Gasteiger partial charge in [-0.05, 0) is 48.7 Å². The van der Waals surface area contributed by atoms with Crippen molar-refractivity contribution in [2.45, 2.75) is 39.2 Å². The van der Waals surface area contributed by atoms with Gasteiger partial charge < -0.3 is 14.6 Å². The second-order valence-electron chi connectivity index (χ2n) is 7.07. The van der Waals surface area contributed by atoms with Crippen LogP contribution in [-0.2, 0) is 12.8 Å². The highest BCUT2D eigenvalue weighted by Crippen LogP contribution is 2.33. The fraction of sp³-hybridized carbons (Fsp3) is 0.318. The normalized spacial score (nSPS) is 15.1. The molecule has 0 spiro atoms. The van der Waals surface area contributed by atoms with Gasteiger partial charge in [0.25, 0.3) is 5.91 Å². The van der Waals surface area contributed by atoms with Crippen molar-refractivity contribution in [2.24, 2.45) is 0 Å². The van der Waals surface area contributed by atoms with Crippen LogP contribution in [0.15, 0.2) is 47.1 Å². The monoisotopic (exact) mass is 377 g/mol. The van der Waals surface area contributed by atoms with E-state index in [0.717, 1.165) is 53.2 Å². The molecule has 2 aromatic heterocycles. The molecule has 1 atom stereocenters. The predicted octanol–water partition coefficient (Wildman–Crippen LogP) is 3.73. The zero-order valence-corrected chi connectivity index (χ0v) is 16.1. The third kappa shape index (κ3) is 3.76. The van der Waals surface area contributed by atoms with Gasteiger partial charge in [0.05, 0.1) is 12.2 Å². The molecule has 28 heavy (non-hydrogen) atoms. The van der Waals surface area contributed by atoms with Crippen LogP contribution in [0.3, 0.4) is 0 Å². The minimum atomic E-state index is -0.240. The van der Waals surface area contributed by atoms with Gasteiger partial charge in [0.15, 0.2) is 5.69 Å². The number of rotatable bonds is 6. The highest BCUT2D eigenvalue weighted by atomic mass is 16.5. The number of nitrogens with one attached hydrogen (secondary N) is 1. The van der Waals surface area contributed by atoms with E-state index in [-0.39, 0.29) is 12.0 Å². The summed E-state index contributed by atoms with van der Waals surface area (Å²) in [6, 6.07) is 11.8. The maximum Gasteiger partial charge on any atom is 0.273 e. The summed E-state index contributed by atoms with van der Waals surface area (Å²) in [6.45, 7) is 4.53. The first kappa shape index (κ1) is 18.2. The van der Waals surface area contributed by atoms with Crippen molar-refractivity contribution in [3.8, 4) is 17.0 Å². The van der Waals surface area contributed by atoms with E-state index < -0.39 is 0 Å². The molecular formula is C22H23N3O3. The molecule has 0 aliphatic carbocycles. The van der Waals surface area contributed by atoms with Crippen molar-refractivity contribution in [2.75, 3.05) is 6.54 Å². The molecule has 1 aromatic carbocycles. The maximum atomic E-state index is 12.3. The summed E-state index contributed by atoms with van der Waals surface area (Å²) in [5.41, 5.74) is 4.65. The number of hydrogen-bond donors (Lipinski definition) is 1. The van der Waals surface area contributed by atoms with Gasteiger partial charge >= 0.3 is 0 Å². The quantitative estimate of drug-likeness (QED) is 0.708. The third-order valence-corrected chi connectivity index (χ3v) is 4.86. The number of nitrogens with zero attached hydrogens (tertiary/aromatic N) is 2. The highest BCUT2D eigenvalue weighted by molar-refractivity contribution is 5.92. The number of carbonyl (C=O) groups is 1. The van der Waals surface area contributed by atoms with Gasteiger partial charge in [-0.25, -0.2) is 0 Å². The number of benzene rings is 1. The van der Waals surface area contributed by atoms with Crippen molar-refractivity contribution in [3.63, 3.8) is 0 Å². The molecule has 0 radical (unpaired) electrons. The largest absolute Gasteiger partial charge is 0.488 e. The van der Waals surface area contributed by atoms with Crippen molar-refractivity contribution < 1.29 is 14.1 Å². The van der Waals surface area contributed by atoms with E-state index in [1.165, 1.54) is 0 Å². The Morgan fingerprint density at radius 2 is 2.18 bits per heavy atom. The second-order valence-corrected chi connectivity index (χ2v) is 7.07. The Morgan fingerprint density at radius 1 is 1.29 bits per heavy atom. The predicted molar refractivity (Wildman–Crippen MR) is 105 cm³/mol. The fourth-order valence-electron chi connectivity index (χ4n) is 3.45. The van der Waals surface area contributed by atoms with Crippen LogP contribution in [0.1, 0.15) is 40.7 Å². The van der Waals surface area contributed by atoms with Gasteiger partial charge in [-0.2, -0.15) is 0 Å². The number of ether oxygens (including phenoxy) is 1. The number of hydrogen-bond acceptors (Lipinski definition) is 5. The molecule has 0 bridgehead atoms. The molecule has 0 fully saturated rings. The average molecular weight is 377 g/mol. The van der Waals surface area contributed by atoms with Gasteiger partial charge in [0.1, 0.15) is 17.6 Å². The lowest BCUT2D eigenvalue weighted by Crippen LogP contribution is -2.34. The Kier molecular flexibility index (Phi) is 5.10. The van der Waals surface area contributed by atoms with Crippen LogP contribution in [0.5, 0.6) is 5.75 Å². The smallest absolute Gasteiger partial charge is 0.273 e. The highest BCUT2D eigenvalue weighted by Gasteiger charge is 2.24. The van der Waals surface area contributed by atoms with Crippen LogP contribution in [0, 0.1) is 6.92 Å². The van der Waals surface area contributed by atoms with E-state index in [4.69, 9.17) is 9.26 Å². The van der Waals surface area contributed by atoms with E-state index >= 15 is 0 Å². The Labute approximate surface area is 163 Å². The number of pyridine rings is 1. The molecule has 1 aliphatic heterocycles. The molecule has 3 aromatic rings.